The van der Waals surface area contributed by atoms with E-state index in [2.05, 4.69) is 10.6 Å². The molecule has 3 aromatic carbocycles. The number of benzene rings is 3. The van der Waals surface area contributed by atoms with Crippen LogP contribution in [0.25, 0.3) is 6.08 Å². The number of carbonyl (C=O) groups excluding carboxylic acids is 4. The van der Waals surface area contributed by atoms with Crippen LogP contribution in [-0.2, 0) is 14.4 Å². The smallest absolute Gasteiger partial charge is 0.294 e. The Bertz CT molecular complexity index is 1450. The van der Waals surface area contributed by atoms with Crippen molar-refractivity contribution in [3.8, 4) is 11.5 Å². The lowest BCUT2D eigenvalue weighted by atomic mass is 10.1. The van der Waals surface area contributed by atoms with E-state index in [0.29, 0.717) is 28.4 Å². The Kier molecular flexibility index (Phi) is 8.67. The maximum atomic E-state index is 12.9. The third-order valence-corrected chi connectivity index (χ3v) is 6.78. The van der Waals surface area contributed by atoms with Gasteiger partial charge in [0.15, 0.2) is 18.1 Å². The largest absolute Gasteiger partial charge is 0.493 e. The number of rotatable bonds is 9. The molecule has 4 amide bonds. The van der Waals surface area contributed by atoms with Crippen molar-refractivity contribution in [2.24, 2.45) is 0 Å². The Morgan fingerprint density at radius 3 is 2.33 bits per heavy atom. The summed E-state index contributed by atoms with van der Waals surface area (Å²) in [5.74, 6) is -0.668. The molecule has 0 atom stereocenters. The fourth-order valence-corrected chi connectivity index (χ4v) is 4.54. The molecule has 2 N–H and O–H groups in total. The molecule has 1 heterocycles. The monoisotopic (exact) mass is 545 g/mol. The zero-order chi connectivity index (χ0) is 27.9. The number of imide groups is 1. The number of amides is 4. The summed E-state index contributed by atoms with van der Waals surface area (Å²) in [6.45, 7) is 3.28. The van der Waals surface area contributed by atoms with Crippen molar-refractivity contribution in [1.82, 2.24) is 4.90 Å². The first-order valence-electron chi connectivity index (χ1n) is 12.0. The third-order valence-electron chi connectivity index (χ3n) is 5.87. The summed E-state index contributed by atoms with van der Waals surface area (Å²) in [7, 11) is 1.46. The molecule has 10 heteroatoms. The average molecular weight is 546 g/mol. The second kappa shape index (κ2) is 12.3. The van der Waals surface area contributed by atoms with E-state index in [1.54, 1.807) is 42.5 Å². The number of nitrogens with one attached hydrogen (secondary N) is 2. The molecule has 0 saturated carbocycles. The molecule has 39 heavy (non-hydrogen) atoms. The molecule has 0 radical (unpaired) electrons. The Balaban J connectivity index is 1.38. The summed E-state index contributed by atoms with van der Waals surface area (Å²) in [5, 5.41) is 4.93. The van der Waals surface area contributed by atoms with Crippen LogP contribution in [0.15, 0.2) is 71.6 Å². The molecule has 9 nitrogen and oxygen atoms in total. The van der Waals surface area contributed by atoms with Crippen LogP contribution in [0, 0.1) is 13.8 Å². The van der Waals surface area contributed by atoms with E-state index < -0.39 is 23.6 Å². The van der Waals surface area contributed by atoms with Crippen molar-refractivity contribution in [3.63, 3.8) is 0 Å². The maximum absolute atomic E-state index is 12.9. The van der Waals surface area contributed by atoms with Crippen LogP contribution >= 0.6 is 11.8 Å². The molecule has 200 valence electrons. The van der Waals surface area contributed by atoms with Crippen LogP contribution < -0.4 is 20.1 Å². The number of nitrogens with zero attached hydrogens (tertiary/aromatic N) is 1. The van der Waals surface area contributed by atoms with Crippen molar-refractivity contribution in [3.05, 3.63) is 88.3 Å². The van der Waals surface area contributed by atoms with Crippen LogP contribution in [0.3, 0.4) is 0 Å². The molecule has 1 fully saturated rings. The predicted octanol–water partition coefficient (Wildman–Crippen LogP) is 5.00. The van der Waals surface area contributed by atoms with Crippen molar-refractivity contribution in [1.29, 1.82) is 0 Å². The van der Waals surface area contributed by atoms with Gasteiger partial charge in [-0.2, -0.15) is 0 Å². The second-order valence-corrected chi connectivity index (χ2v) is 9.72. The van der Waals surface area contributed by atoms with Crippen LogP contribution in [0.4, 0.5) is 16.2 Å². The summed E-state index contributed by atoms with van der Waals surface area (Å²) >= 11 is 0.756. The standard InChI is InChI=1S/C29H27N3O6S/c1-18-9-11-22(13-19(18)2)31-26(33)16-32-28(35)25(39-29(32)36)15-20-10-12-23(24(14-20)37-3)38-17-27(34)30-21-7-5-4-6-8-21/h4-15H,16-17H2,1-3H3,(H,30,34)(H,31,33)/b25-15-. The summed E-state index contributed by atoms with van der Waals surface area (Å²) in [6, 6.07) is 19.4. The molecular weight excluding hydrogens is 518 g/mol. The van der Waals surface area contributed by atoms with Crippen LogP contribution in [0.2, 0.25) is 0 Å². The molecule has 0 unspecified atom stereocenters. The van der Waals surface area contributed by atoms with E-state index in [4.69, 9.17) is 9.47 Å². The number of para-hydroxylation sites is 1. The first-order valence-corrected chi connectivity index (χ1v) is 12.8. The number of carbonyl (C=O) groups is 4. The van der Waals surface area contributed by atoms with Gasteiger partial charge in [0, 0.05) is 11.4 Å². The van der Waals surface area contributed by atoms with Gasteiger partial charge in [0.05, 0.1) is 12.0 Å². The summed E-state index contributed by atoms with van der Waals surface area (Å²) in [5.41, 5.74) is 3.94. The number of anilines is 2. The number of methoxy groups -OCH3 is 1. The van der Waals surface area contributed by atoms with Gasteiger partial charge < -0.3 is 20.1 Å². The first kappa shape index (κ1) is 27.5. The number of hydrogen-bond donors (Lipinski definition) is 2. The van der Waals surface area contributed by atoms with E-state index >= 15 is 0 Å². The summed E-state index contributed by atoms with van der Waals surface area (Å²) < 4.78 is 11.0. The molecule has 1 aliphatic heterocycles. The summed E-state index contributed by atoms with van der Waals surface area (Å²) in [6.07, 6.45) is 1.54. The van der Waals surface area contributed by atoms with Crippen molar-refractivity contribution >= 4 is 52.2 Å². The highest BCUT2D eigenvalue weighted by Crippen LogP contribution is 2.34. The molecule has 1 aliphatic rings. The van der Waals surface area contributed by atoms with E-state index in [-0.39, 0.29) is 17.4 Å². The van der Waals surface area contributed by atoms with Crippen LogP contribution in [-0.4, -0.2) is 48.1 Å². The number of thioether (sulfide) groups is 1. The zero-order valence-corrected chi connectivity index (χ0v) is 22.5. The predicted molar refractivity (Wildman–Crippen MR) is 151 cm³/mol. The lowest BCUT2D eigenvalue weighted by Crippen LogP contribution is -2.36. The molecule has 3 aromatic rings. The minimum Gasteiger partial charge on any atom is -0.493 e. The van der Waals surface area contributed by atoms with Gasteiger partial charge in [-0.3, -0.25) is 24.1 Å². The highest BCUT2D eigenvalue weighted by molar-refractivity contribution is 8.18. The van der Waals surface area contributed by atoms with Gasteiger partial charge in [0.1, 0.15) is 6.54 Å². The topological polar surface area (TPSA) is 114 Å². The average Bonchev–Trinajstić information content (AvgIpc) is 3.17. The van der Waals surface area contributed by atoms with Crippen LogP contribution in [0.5, 0.6) is 11.5 Å². The number of aryl methyl sites for hydroxylation is 2. The number of ether oxygens (including phenoxy) is 2. The Morgan fingerprint density at radius 2 is 1.62 bits per heavy atom. The van der Waals surface area contributed by atoms with E-state index in [0.717, 1.165) is 27.8 Å². The fraction of sp³-hybridized carbons (Fsp3) is 0.172. The fourth-order valence-electron chi connectivity index (χ4n) is 3.71. The molecule has 1 saturated heterocycles. The zero-order valence-electron chi connectivity index (χ0n) is 21.6. The van der Waals surface area contributed by atoms with E-state index in [9.17, 15) is 19.2 Å². The lowest BCUT2D eigenvalue weighted by molar-refractivity contribution is -0.127. The molecular formula is C29H27N3O6S. The quantitative estimate of drug-likeness (QED) is 0.364. The van der Waals surface area contributed by atoms with E-state index in [1.165, 1.54) is 7.11 Å². The molecule has 0 spiro atoms. The van der Waals surface area contributed by atoms with E-state index in [1.807, 2.05) is 44.2 Å². The van der Waals surface area contributed by atoms with Gasteiger partial charge in [0.2, 0.25) is 5.91 Å². The molecule has 0 aromatic heterocycles. The van der Waals surface area contributed by atoms with Crippen molar-refractivity contribution < 1.29 is 28.7 Å². The minimum absolute atomic E-state index is 0.178. The Hall–Kier alpha value is -4.57. The first-order chi connectivity index (χ1) is 18.7. The molecule has 0 aliphatic carbocycles. The molecule has 4 rings (SSSR count). The molecule has 0 bridgehead atoms. The van der Waals surface area contributed by atoms with Crippen molar-refractivity contribution in [2.45, 2.75) is 13.8 Å². The lowest BCUT2D eigenvalue weighted by Gasteiger charge is -2.13. The highest BCUT2D eigenvalue weighted by atomic mass is 32.2. The Labute approximate surface area is 230 Å². The Morgan fingerprint density at radius 1 is 0.872 bits per heavy atom. The van der Waals surface area contributed by atoms with Gasteiger partial charge >= 0.3 is 0 Å². The second-order valence-electron chi connectivity index (χ2n) is 8.73. The summed E-state index contributed by atoms with van der Waals surface area (Å²) in [4.78, 5) is 51.2. The third kappa shape index (κ3) is 7.05. The minimum atomic E-state index is -0.558. The van der Waals surface area contributed by atoms with Crippen molar-refractivity contribution in [2.75, 3.05) is 30.9 Å². The van der Waals surface area contributed by atoms with Crippen LogP contribution in [0.1, 0.15) is 16.7 Å². The number of hydrogen-bond acceptors (Lipinski definition) is 7. The van der Waals surface area contributed by atoms with Gasteiger partial charge in [0.25, 0.3) is 17.1 Å². The van der Waals surface area contributed by atoms with Gasteiger partial charge in [-0.1, -0.05) is 30.3 Å². The normalized spacial score (nSPS) is 13.9. The van der Waals surface area contributed by atoms with Gasteiger partial charge in [-0.05, 0) is 84.8 Å². The maximum Gasteiger partial charge on any atom is 0.294 e. The SMILES string of the molecule is COc1cc(/C=C2\SC(=O)N(CC(=O)Nc3ccc(C)c(C)c3)C2=O)ccc1OCC(=O)Nc1ccccc1. The van der Waals surface area contributed by atoms with Gasteiger partial charge in [-0.15, -0.1) is 0 Å². The van der Waals surface area contributed by atoms with Gasteiger partial charge in [-0.25, -0.2) is 0 Å². The highest BCUT2D eigenvalue weighted by Gasteiger charge is 2.36.